The van der Waals surface area contributed by atoms with Crippen molar-refractivity contribution in [2.75, 3.05) is 0 Å². The minimum Gasteiger partial charge on any atom is -0.294 e. The number of halogens is 1. The molecule has 0 saturated heterocycles. The summed E-state index contributed by atoms with van der Waals surface area (Å²) in [6, 6.07) is 4.25. The maximum atomic E-state index is 12.0. The van der Waals surface area contributed by atoms with Crippen LogP contribution < -0.4 is 4.72 Å². The molecular formula is C12H14ClNO3S. The third-order valence-corrected chi connectivity index (χ3v) is 4.62. The van der Waals surface area contributed by atoms with Gasteiger partial charge in [0.1, 0.15) is 0 Å². The minimum atomic E-state index is -3.54. The van der Waals surface area contributed by atoms with E-state index in [9.17, 15) is 13.2 Å². The van der Waals surface area contributed by atoms with E-state index in [1.165, 1.54) is 18.2 Å². The van der Waals surface area contributed by atoms with Crippen molar-refractivity contribution >= 4 is 27.4 Å². The molecule has 1 fully saturated rings. The summed E-state index contributed by atoms with van der Waals surface area (Å²) in [5, 5.41) is 0.284. The number of rotatable bonds is 5. The van der Waals surface area contributed by atoms with Gasteiger partial charge in [0.2, 0.25) is 10.0 Å². The molecule has 0 radical (unpaired) electrons. The number of carbonyl (C=O) groups is 1. The van der Waals surface area contributed by atoms with Gasteiger partial charge in [-0.25, -0.2) is 13.1 Å². The lowest BCUT2D eigenvalue weighted by molar-refractivity contribution is 0.0988. The van der Waals surface area contributed by atoms with E-state index in [0.717, 1.165) is 12.8 Å². The molecule has 0 spiro atoms. The smallest absolute Gasteiger partial charge is 0.240 e. The Labute approximate surface area is 111 Å². The standard InChI is InChI=1S/C12H14ClNO3S/c1-2-12(15)10-7-9(5-6-11(10)13)18(16,17)14-8-3-4-8/h5-8,14H,2-4H2,1H3. The number of hydrogen-bond acceptors (Lipinski definition) is 3. The Morgan fingerprint density at radius 1 is 1.44 bits per heavy atom. The molecule has 1 saturated carbocycles. The van der Waals surface area contributed by atoms with Crippen LogP contribution in [0.5, 0.6) is 0 Å². The molecule has 4 nitrogen and oxygen atoms in total. The summed E-state index contributed by atoms with van der Waals surface area (Å²) in [6.45, 7) is 1.71. The largest absolute Gasteiger partial charge is 0.294 e. The van der Waals surface area contributed by atoms with Gasteiger partial charge in [-0.05, 0) is 31.0 Å². The van der Waals surface area contributed by atoms with Gasteiger partial charge in [-0.2, -0.15) is 0 Å². The quantitative estimate of drug-likeness (QED) is 0.846. The molecule has 1 aliphatic rings. The summed E-state index contributed by atoms with van der Waals surface area (Å²) in [7, 11) is -3.54. The molecule has 0 aromatic heterocycles. The van der Waals surface area contributed by atoms with Gasteiger partial charge < -0.3 is 0 Å². The minimum absolute atomic E-state index is 0.0380. The topological polar surface area (TPSA) is 63.2 Å². The molecule has 1 aliphatic carbocycles. The number of ketones is 1. The summed E-state index contributed by atoms with van der Waals surface area (Å²) in [5.74, 6) is -0.163. The van der Waals surface area contributed by atoms with Gasteiger partial charge in [0.25, 0.3) is 0 Å². The first-order chi connectivity index (χ1) is 8.44. The summed E-state index contributed by atoms with van der Waals surface area (Å²) < 4.78 is 26.6. The van der Waals surface area contributed by atoms with E-state index in [-0.39, 0.29) is 27.3 Å². The van der Waals surface area contributed by atoms with Gasteiger partial charge in [-0.3, -0.25) is 4.79 Å². The van der Waals surface area contributed by atoms with Gasteiger partial charge in [0.15, 0.2) is 5.78 Å². The zero-order chi connectivity index (χ0) is 13.3. The lowest BCUT2D eigenvalue weighted by Gasteiger charge is -2.08. The predicted octanol–water partition coefficient (Wildman–Crippen LogP) is 2.37. The van der Waals surface area contributed by atoms with E-state index in [0.29, 0.717) is 6.42 Å². The van der Waals surface area contributed by atoms with Crippen molar-refractivity contribution in [2.24, 2.45) is 0 Å². The highest BCUT2D eigenvalue weighted by atomic mass is 35.5. The van der Waals surface area contributed by atoms with Crippen LogP contribution in [-0.2, 0) is 10.0 Å². The molecule has 0 atom stereocenters. The second-order valence-electron chi connectivity index (χ2n) is 4.31. The molecule has 6 heteroatoms. The van der Waals surface area contributed by atoms with Crippen LogP contribution in [0.25, 0.3) is 0 Å². The van der Waals surface area contributed by atoms with Crippen molar-refractivity contribution in [1.82, 2.24) is 4.72 Å². The van der Waals surface area contributed by atoms with E-state index in [1.54, 1.807) is 6.92 Å². The Hall–Kier alpha value is -0.910. The number of sulfonamides is 1. The van der Waals surface area contributed by atoms with Crippen LogP contribution in [0.4, 0.5) is 0 Å². The molecule has 0 unspecified atom stereocenters. The first kappa shape index (κ1) is 13.5. The summed E-state index contributed by atoms with van der Waals surface area (Å²) >= 11 is 5.90. The number of benzene rings is 1. The van der Waals surface area contributed by atoms with Crippen LogP contribution in [0.3, 0.4) is 0 Å². The molecule has 0 bridgehead atoms. The van der Waals surface area contributed by atoms with Crippen LogP contribution in [0.1, 0.15) is 36.5 Å². The van der Waals surface area contributed by atoms with Crippen LogP contribution >= 0.6 is 11.6 Å². The lowest BCUT2D eigenvalue weighted by Crippen LogP contribution is -2.25. The van der Waals surface area contributed by atoms with Crippen molar-refractivity contribution in [3.63, 3.8) is 0 Å². The molecular weight excluding hydrogens is 274 g/mol. The fraction of sp³-hybridized carbons (Fsp3) is 0.417. The Bertz CT molecular complexity index is 579. The van der Waals surface area contributed by atoms with Gasteiger partial charge in [-0.15, -0.1) is 0 Å². The summed E-state index contributed by atoms with van der Waals surface area (Å²) in [4.78, 5) is 11.7. The van der Waals surface area contributed by atoms with Crippen molar-refractivity contribution in [1.29, 1.82) is 0 Å². The van der Waals surface area contributed by atoms with E-state index in [1.807, 2.05) is 0 Å². The second-order valence-corrected chi connectivity index (χ2v) is 6.44. The van der Waals surface area contributed by atoms with Crippen LogP contribution in [0.15, 0.2) is 23.1 Å². The number of Topliss-reactive ketones (excluding diaryl/α,β-unsaturated/α-hetero) is 1. The normalized spacial score (nSPS) is 15.7. The first-order valence-corrected chi connectivity index (χ1v) is 7.65. The van der Waals surface area contributed by atoms with Gasteiger partial charge in [0, 0.05) is 18.0 Å². The number of nitrogens with one attached hydrogen (secondary N) is 1. The molecule has 18 heavy (non-hydrogen) atoms. The fourth-order valence-electron chi connectivity index (χ4n) is 1.56. The van der Waals surface area contributed by atoms with Gasteiger partial charge in [0.05, 0.1) is 9.92 Å². The van der Waals surface area contributed by atoms with E-state index in [4.69, 9.17) is 11.6 Å². The van der Waals surface area contributed by atoms with E-state index in [2.05, 4.69) is 4.72 Å². The lowest BCUT2D eigenvalue weighted by atomic mass is 10.1. The second kappa shape index (κ2) is 4.99. The zero-order valence-corrected chi connectivity index (χ0v) is 11.5. The fourth-order valence-corrected chi connectivity index (χ4v) is 3.12. The first-order valence-electron chi connectivity index (χ1n) is 5.79. The Morgan fingerprint density at radius 3 is 2.67 bits per heavy atom. The van der Waals surface area contributed by atoms with Crippen LogP contribution in [0.2, 0.25) is 5.02 Å². The highest BCUT2D eigenvalue weighted by Crippen LogP contribution is 2.25. The monoisotopic (exact) mass is 287 g/mol. The van der Waals surface area contributed by atoms with Gasteiger partial charge in [-0.1, -0.05) is 18.5 Å². The van der Waals surface area contributed by atoms with Gasteiger partial charge >= 0.3 is 0 Å². The Balaban J connectivity index is 2.36. The molecule has 1 N–H and O–H groups in total. The highest BCUT2D eigenvalue weighted by Gasteiger charge is 2.28. The number of hydrogen-bond donors (Lipinski definition) is 1. The molecule has 2 rings (SSSR count). The van der Waals surface area contributed by atoms with Crippen molar-refractivity contribution in [2.45, 2.75) is 37.1 Å². The maximum Gasteiger partial charge on any atom is 0.240 e. The average Bonchev–Trinajstić information content (AvgIpc) is 3.11. The molecule has 0 heterocycles. The van der Waals surface area contributed by atoms with E-state index < -0.39 is 10.0 Å². The third-order valence-electron chi connectivity index (χ3n) is 2.77. The molecule has 1 aromatic carbocycles. The highest BCUT2D eigenvalue weighted by molar-refractivity contribution is 7.89. The van der Waals surface area contributed by atoms with Crippen molar-refractivity contribution < 1.29 is 13.2 Å². The Morgan fingerprint density at radius 2 is 2.11 bits per heavy atom. The van der Waals surface area contributed by atoms with E-state index >= 15 is 0 Å². The molecule has 98 valence electrons. The zero-order valence-electron chi connectivity index (χ0n) is 9.94. The maximum absolute atomic E-state index is 12.0. The molecule has 0 amide bonds. The van der Waals surface area contributed by atoms with Crippen molar-refractivity contribution in [3.05, 3.63) is 28.8 Å². The van der Waals surface area contributed by atoms with Crippen LogP contribution in [0, 0.1) is 0 Å². The third kappa shape index (κ3) is 2.91. The van der Waals surface area contributed by atoms with Crippen LogP contribution in [-0.4, -0.2) is 20.2 Å². The molecule has 0 aliphatic heterocycles. The molecule has 1 aromatic rings. The predicted molar refractivity (Wildman–Crippen MR) is 69.4 cm³/mol. The summed E-state index contributed by atoms with van der Waals surface area (Å²) in [6.07, 6.45) is 2.03. The number of carbonyl (C=O) groups excluding carboxylic acids is 1. The summed E-state index contributed by atoms with van der Waals surface area (Å²) in [5.41, 5.74) is 0.262. The SMILES string of the molecule is CCC(=O)c1cc(S(=O)(=O)NC2CC2)ccc1Cl. The van der Waals surface area contributed by atoms with Crippen molar-refractivity contribution in [3.8, 4) is 0 Å². The average molecular weight is 288 g/mol. The Kier molecular flexibility index (Phi) is 3.75.